The second-order valence-electron chi connectivity index (χ2n) is 5.81. The number of carbonyl (C=O) groups excluding carboxylic acids is 1. The van der Waals surface area contributed by atoms with Gasteiger partial charge in [0.2, 0.25) is 0 Å². The lowest BCUT2D eigenvalue weighted by Crippen LogP contribution is -2.28. The molecule has 1 aromatic carbocycles. The predicted molar refractivity (Wildman–Crippen MR) is 75.3 cm³/mol. The molecular weight excluding hydrogens is 236 g/mol. The maximum Gasteiger partial charge on any atom is 0.166 e. The van der Waals surface area contributed by atoms with Crippen LogP contribution in [-0.4, -0.2) is 18.5 Å². The number of hydrogen-bond donors (Lipinski definition) is 0. The molecule has 2 aliphatic rings. The molecule has 0 aliphatic heterocycles. The van der Waals surface area contributed by atoms with Crippen LogP contribution >= 0.6 is 0 Å². The van der Waals surface area contributed by atoms with Crippen LogP contribution < -0.4 is 0 Å². The van der Waals surface area contributed by atoms with E-state index in [9.17, 15) is 4.79 Å². The molecule has 0 aromatic heterocycles. The molecule has 0 amide bonds. The van der Waals surface area contributed by atoms with Crippen molar-refractivity contribution in [3.8, 4) is 0 Å². The van der Waals surface area contributed by atoms with Crippen LogP contribution in [0.5, 0.6) is 0 Å². The molecule has 1 fully saturated rings. The Hall–Kier alpha value is -1.15. The van der Waals surface area contributed by atoms with E-state index in [4.69, 9.17) is 4.74 Å². The molecule has 2 nitrogen and oxygen atoms in total. The summed E-state index contributed by atoms with van der Waals surface area (Å²) in [6.45, 7) is 2.61. The zero-order chi connectivity index (χ0) is 13.2. The number of aryl methyl sites for hydroxylation is 2. The average Bonchev–Trinajstić information content (AvgIpc) is 3.13. The minimum Gasteiger partial charge on any atom is -0.370 e. The van der Waals surface area contributed by atoms with Crippen molar-refractivity contribution in [2.75, 3.05) is 6.61 Å². The number of hydrogen-bond acceptors (Lipinski definition) is 2. The standard InChI is InChI=1S/C17H22O2/c1-2-19-17(14-8-9-14)16(18)11-12-6-7-13-4-3-5-15(13)10-12/h6-7,10,14,17H,2-5,8-9,11H2,1H3. The minimum absolute atomic E-state index is 0.154. The van der Waals surface area contributed by atoms with E-state index in [1.807, 2.05) is 6.92 Å². The number of ether oxygens (including phenoxy) is 1. The van der Waals surface area contributed by atoms with E-state index >= 15 is 0 Å². The molecule has 1 atom stereocenters. The average molecular weight is 258 g/mol. The Morgan fingerprint density at radius 3 is 2.84 bits per heavy atom. The highest BCUT2D eigenvalue weighted by Gasteiger charge is 2.36. The summed E-state index contributed by atoms with van der Waals surface area (Å²) in [5.74, 6) is 0.754. The fraction of sp³-hybridized carbons (Fsp3) is 0.588. The highest BCUT2D eigenvalue weighted by Crippen LogP contribution is 2.35. The molecule has 0 bridgehead atoms. The van der Waals surface area contributed by atoms with Gasteiger partial charge in [0.15, 0.2) is 5.78 Å². The molecule has 0 N–H and O–H groups in total. The van der Waals surface area contributed by atoms with E-state index in [2.05, 4.69) is 18.2 Å². The molecule has 1 saturated carbocycles. The number of benzene rings is 1. The van der Waals surface area contributed by atoms with Gasteiger partial charge in [0.25, 0.3) is 0 Å². The second kappa shape index (κ2) is 5.46. The summed E-state index contributed by atoms with van der Waals surface area (Å²) in [5, 5.41) is 0. The van der Waals surface area contributed by atoms with Crippen molar-refractivity contribution in [3.63, 3.8) is 0 Å². The van der Waals surface area contributed by atoms with Crippen molar-refractivity contribution in [2.24, 2.45) is 5.92 Å². The first-order chi connectivity index (χ1) is 9.28. The largest absolute Gasteiger partial charge is 0.370 e. The molecule has 0 saturated heterocycles. The third kappa shape index (κ3) is 2.89. The molecule has 0 radical (unpaired) electrons. The fourth-order valence-electron chi connectivity index (χ4n) is 3.11. The van der Waals surface area contributed by atoms with Gasteiger partial charge in [-0.1, -0.05) is 18.2 Å². The van der Waals surface area contributed by atoms with Gasteiger partial charge in [0.1, 0.15) is 6.10 Å². The van der Waals surface area contributed by atoms with Gasteiger partial charge in [-0.3, -0.25) is 4.79 Å². The second-order valence-corrected chi connectivity index (χ2v) is 5.81. The van der Waals surface area contributed by atoms with Gasteiger partial charge < -0.3 is 4.74 Å². The molecule has 0 spiro atoms. The van der Waals surface area contributed by atoms with Crippen molar-refractivity contribution in [1.29, 1.82) is 0 Å². The summed E-state index contributed by atoms with van der Waals surface area (Å²) in [6.07, 6.45) is 6.33. The number of ketones is 1. The first kappa shape index (κ1) is 12.9. The molecular formula is C17H22O2. The highest BCUT2D eigenvalue weighted by molar-refractivity contribution is 5.86. The third-order valence-corrected chi connectivity index (χ3v) is 4.25. The fourth-order valence-corrected chi connectivity index (χ4v) is 3.11. The van der Waals surface area contributed by atoms with Crippen LogP contribution in [0.1, 0.15) is 42.9 Å². The summed E-state index contributed by atoms with van der Waals surface area (Å²) < 4.78 is 5.64. The molecule has 1 aromatic rings. The first-order valence-electron chi connectivity index (χ1n) is 7.53. The van der Waals surface area contributed by atoms with Gasteiger partial charge in [-0.15, -0.1) is 0 Å². The summed E-state index contributed by atoms with van der Waals surface area (Å²) in [5.41, 5.74) is 4.08. The lowest BCUT2D eigenvalue weighted by atomic mass is 9.99. The predicted octanol–water partition coefficient (Wildman–Crippen LogP) is 3.10. The van der Waals surface area contributed by atoms with Gasteiger partial charge in [-0.05, 0) is 61.6 Å². The van der Waals surface area contributed by atoms with Gasteiger partial charge in [0.05, 0.1) is 0 Å². The van der Waals surface area contributed by atoms with Crippen LogP contribution in [-0.2, 0) is 28.8 Å². The van der Waals surface area contributed by atoms with E-state index < -0.39 is 0 Å². The van der Waals surface area contributed by atoms with E-state index in [0.29, 0.717) is 18.9 Å². The summed E-state index contributed by atoms with van der Waals surface area (Å²) in [7, 11) is 0. The topological polar surface area (TPSA) is 26.3 Å². The number of carbonyl (C=O) groups is 1. The Morgan fingerprint density at radius 2 is 2.11 bits per heavy atom. The SMILES string of the molecule is CCOC(C(=O)Cc1ccc2c(c1)CCC2)C1CC1. The van der Waals surface area contributed by atoms with Crippen molar-refractivity contribution in [1.82, 2.24) is 0 Å². The first-order valence-corrected chi connectivity index (χ1v) is 7.53. The van der Waals surface area contributed by atoms with E-state index in [1.54, 1.807) is 0 Å². The summed E-state index contributed by atoms with van der Waals surface area (Å²) in [4.78, 5) is 12.4. The van der Waals surface area contributed by atoms with Crippen LogP contribution in [0, 0.1) is 5.92 Å². The van der Waals surface area contributed by atoms with Crippen LogP contribution in [0.3, 0.4) is 0 Å². The Morgan fingerprint density at radius 1 is 1.32 bits per heavy atom. The lowest BCUT2D eigenvalue weighted by Gasteiger charge is -2.15. The van der Waals surface area contributed by atoms with Crippen molar-refractivity contribution >= 4 is 5.78 Å². The molecule has 19 heavy (non-hydrogen) atoms. The normalized spacial score (nSPS) is 19.2. The Bertz CT molecular complexity index is 474. The number of Topliss-reactive ketones (excluding diaryl/α,β-unsaturated/α-hetero) is 1. The van der Waals surface area contributed by atoms with E-state index in [0.717, 1.165) is 18.4 Å². The van der Waals surface area contributed by atoms with Gasteiger partial charge in [-0.2, -0.15) is 0 Å². The monoisotopic (exact) mass is 258 g/mol. The summed E-state index contributed by atoms with van der Waals surface area (Å²) in [6, 6.07) is 6.56. The molecule has 1 unspecified atom stereocenters. The van der Waals surface area contributed by atoms with Crippen molar-refractivity contribution in [2.45, 2.75) is 51.6 Å². The summed E-state index contributed by atoms with van der Waals surface area (Å²) >= 11 is 0. The van der Waals surface area contributed by atoms with E-state index in [1.165, 1.54) is 30.4 Å². The van der Waals surface area contributed by atoms with Crippen LogP contribution in [0.4, 0.5) is 0 Å². The third-order valence-electron chi connectivity index (χ3n) is 4.25. The van der Waals surface area contributed by atoms with Crippen molar-refractivity contribution < 1.29 is 9.53 Å². The van der Waals surface area contributed by atoms with Crippen molar-refractivity contribution in [3.05, 3.63) is 34.9 Å². The quantitative estimate of drug-likeness (QED) is 0.783. The van der Waals surface area contributed by atoms with E-state index in [-0.39, 0.29) is 11.9 Å². The molecule has 2 aliphatic carbocycles. The number of fused-ring (bicyclic) bond motifs is 1. The zero-order valence-corrected chi connectivity index (χ0v) is 11.7. The maximum atomic E-state index is 12.4. The Labute approximate surface area is 115 Å². The Balaban J connectivity index is 1.68. The molecule has 3 rings (SSSR count). The lowest BCUT2D eigenvalue weighted by molar-refractivity contribution is -0.130. The highest BCUT2D eigenvalue weighted by atomic mass is 16.5. The van der Waals surface area contributed by atoms with Gasteiger partial charge in [-0.25, -0.2) is 0 Å². The van der Waals surface area contributed by atoms with Gasteiger partial charge in [0, 0.05) is 13.0 Å². The van der Waals surface area contributed by atoms with Gasteiger partial charge >= 0.3 is 0 Å². The smallest absolute Gasteiger partial charge is 0.166 e. The maximum absolute atomic E-state index is 12.4. The molecule has 102 valence electrons. The molecule has 0 heterocycles. The molecule has 2 heteroatoms. The Kier molecular flexibility index (Phi) is 3.69. The van der Waals surface area contributed by atoms with Crippen LogP contribution in [0.15, 0.2) is 18.2 Å². The zero-order valence-electron chi connectivity index (χ0n) is 11.7. The van der Waals surface area contributed by atoms with Crippen LogP contribution in [0.25, 0.3) is 0 Å². The number of rotatable bonds is 6. The minimum atomic E-state index is -0.154. The van der Waals surface area contributed by atoms with Crippen LogP contribution in [0.2, 0.25) is 0 Å².